The average Bonchev–Trinajstić information content (AvgIpc) is 2.86. The largest absolute Gasteiger partial charge is 0.361 e. The smallest absolute Gasteiger partial charge is 0.178 e. The molecule has 1 aliphatic heterocycles. The molecule has 3 nitrogen and oxygen atoms in total. The number of fused-ring (bicyclic) bond motifs is 1. The molecule has 0 spiro atoms. The number of aromatic amines is 1. The van der Waals surface area contributed by atoms with Gasteiger partial charge in [0.05, 0.1) is 0 Å². The van der Waals surface area contributed by atoms with Gasteiger partial charge < -0.3 is 4.98 Å². The van der Waals surface area contributed by atoms with Crippen LogP contribution in [0, 0.1) is 0 Å². The van der Waals surface area contributed by atoms with Crippen LogP contribution in [0.25, 0.3) is 10.9 Å². The Morgan fingerprint density at radius 1 is 1.25 bits per heavy atom. The van der Waals surface area contributed by atoms with Gasteiger partial charge in [-0.3, -0.25) is 4.84 Å². The second kappa shape index (κ2) is 2.09. The molecule has 1 unspecified atom stereocenters. The average molecular weight is 160 g/mol. The Balaban J connectivity index is 2.30. The highest BCUT2D eigenvalue weighted by Gasteiger charge is 2.26. The maximum Gasteiger partial charge on any atom is 0.178 e. The third-order valence-corrected chi connectivity index (χ3v) is 2.14. The summed E-state index contributed by atoms with van der Waals surface area (Å²) in [7, 11) is 0. The van der Waals surface area contributed by atoms with Crippen LogP contribution < -0.4 is 5.48 Å². The molecular formula is C9H8N2O. The van der Waals surface area contributed by atoms with Crippen LogP contribution >= 0.6 is 0 Å². The van der Waals surface area contributed by atoms with Gasteiger partial charge in [-0.2, -0.15) is 5.48 Å². The van der Waals surface area contributed by atoms with Crippen molar-refractivity contribution < 1.29 is 4.84 Å². The first-order valence-corrected chi connectivity index (χ1v) is 3.92. The number of rotatable bonds is 1. The van der Waals surface area contributed by atoms with Crippen molar-refractivity contribution >= 4 is 10.9 Å². The molecule has 2 N–H and O–H groups in total. The number of hydrogen-bond donors (Lipinski definition) is 2. The van der Waals surface area contributed by atoms with Gasteiger partial charge in [0, 0.05) is 22.7 Å². The molecule has 2 aromatic rings. The molecule has 1 aliphatic rings. The van der Waals surface area contributed by atoms with Crippen molar-refractivity contribution in [2.24, 2.45) is 0 Å². The van der Waals surface area contributed by atoms with E-state index in [-0.39, 0.29) is 6.23 Å². The minimum absolute atomic E-state index is 0.0983. The monoisotopic (exact) mass is 160 g/mol. The summed E-state index contributed by atoms with van der Waals surface area (Å²) in [5.74, 6) is 0. The molecule has 1 atom stereocenters. The highest BCUT2D eigenvalue weighted by atomic mass is 16.8. The summed E-state index contributed by atoms with van der Waals surface area (Å²) in [5, 5.41) is 1.23. The fourth-order valence-corrected chi connectivity index (χ4v) is 1.47. The Hall–Kier alpha value is -1.32. The van der Waals surface area contributed by atoms with Crippen LogP contribution in [0.3, 0.4) is 0 Å². The van der Waals surface area contributed by atoms with Crippen LogP contribution in [0.2, 0.25) is 0 Å². The fourth-order valence-electron chi connectivity index (χ4n) is 1.47. The Morgan fingerprint density at radius 2 is 2.08 bits per heavy atom. The van der Waals surface area contributed by atoms with Crippen molar-refractivity contribution in [2.45, 2.75) is 6.23 Å². The predicted octanol–water partition coefficient (Wildman–Crippen LogP) is 1.70. The van der Waals surface area contributed by atoms with Crippen LogP contribution in [0.5, 0.6) is 0 Å². The van der Waals surface area contributed by atoms with Gasteiger partial charge in [-0.15, -0.1) is 0 Å². The Morgan fingerprint density at radius 3 is 2.92 bits per heavy atom. The second-order valence-corrected chi connectivity index (χ2v) is 2.91. The highest BCUT2D eigenvalue weighted by molar-refractivity contribution is 5.83. The van der Waals surface area contributed by atoms with Crippen LogP contribution in [-0.4, -0.2) is 4.98 Å². The molecule has 12 heavy (non-hydrogen) atoms. The van der Waals surface area contributed by atoms with Gasteiger partial charge in [-0.05, 0) is 6.07 Å². The molecule has 0 saturated carbocycles. The maximum absolute atomic E-state index is 4.99. The Kier molecular flexibility index (Phi) is 1.08. The topological polar surface area (TPSA) is 50.3 Å². The second-order valence-electron chi connectivity index (χ2n) is 2.91. The third kappa shape index (κ3) is 0.776. The molecule has 3 heteroatoms. The number of benzene rings is 1. The third-order valence-electron chi connectivity index (χ3n) is 2.14. The van der Waals surface area contributed by atoms with E-state index in [1.807, 2.05) is 18.3 Å². The van der Waals surface area contributed by atoms with Crippen molar-refractivity contribution in [1.29, 1.82) is 0 Å². The summed E-state index contributed by atoms with van der Waals surface area (Å²) in [6, 6.07) is 8.19. The minimum atomic E-state index is 0.0983. The summed E-state index contributed by atoms with van der Waals surface area (Å²) in [6.45, 7) is 0. The van der Waals surface area contributed by atoms with Crippen LogP contribution in [-0.2, 0) is 4.84 Å². The fraction of sp³-hybridized carbons (Fsp3) is 0.111. The molecule has 1 aromatic carbocycles. The summed E-state index contributed by atoms with van der Waals surface area (Å²) >= 11 is 0. The van der Waals surface area contributed by atoms with Gasteiger partial charge in [-0.1, -0.05) is 18.2 Å². The molecule has 1 fully saturated rings. The van der Waals surface area contributed by atoms with E-state index in [1.165, 1.54) is 10.9 Å². The van der Waals surface area contributed by atoms with Gasteiger partial charge in [0.15, 0.2) is 6.23 Å². The molecule has 60 valence electrons. The highest BCUT2D eigenvalue weighted by Crippen LogP contribution is 2.29. The SMILES string of the molecule is c1ccc2c(C3NO3)c[nH]c2c1. The lowest BCUT2D eigenvalue weighted by Crippen LogP contribution is -1.79. The first kappa shape index (κ1) is 6.22. The van der Waals surface area contributed by atoms with Gasteiger partial charge in [0.2, 0.25) is 0 Å². The number of nitrogens with one attached hydrogen (secondary N) is 2. The molecule has 0 bridgehead atoms. The van der Waals surface area contributed by atoms with E-state index in [4.69, 9.17) is 4.84 Å². The summed E-state index contributed by atoms with van der Waals surface area (Å²) in [4.78, 5) is 8.18. The molecule has 3 rings (SSSR count). The predicted molar refractivity (Wildman–Crippen MR) is 45.3 cm³/mol. The van der Waals surface area contributed by atoms with E-state index < -0.39 is 0 Å². The minimum Gasteiger partial charge on any atom is -0.361 e. The molecule has 1 aromatic heterocycles. The summed E-state index contributed by atoms with van der Waals surface area (Å²) in [5.41, 5.74) is 5.15. The van der Waals surface area contributed by atoms with Crippen molar-refractivity contribution in [3.8, 4) is 0 Å². The normalized spacial score (nSPS) is 21.5. The number of hydroxylamine groups is 1. The zero-order valence-corrected chi connectivity index (χ0v) is 6.37. The van der Waals surface area contributed by atoms with Gasteiger partial charge >= 0.3 is 0 Å². The van der Waals surface area contributed by atoms with E-state index >= 15 is 0 Å². The van der Waals surface area contributed by atoms with E-state index in [2.05, 4.69) is 22.6 Å². The first-order valence-electron chi connectivity index (χ1n) is 3.92. The maximum atomic E-state index is 4.99. The van der Waals surface area contributed by atoms with E-state index in [0.717, 1.165) is 5.52 Å². The zero-order valence-electron chi connectivity index (χ0n) is 6.37. The van der Waals surface area contributed by atoms with Crippen LogP contribution in [0.15, 0.2) is 30.5 Å². The lowest BCUT2D eigenvalue weighted by atomic mass is 10.2. The summed E-state index contributed by atoms with van der Waals surface area (Å²) in [6.07, 6.45) is 2.08. The van der Waals surface area contributed by atoms with E-state index in [9.17, 15) is 0 Å². The molecule has 2 heterocycles. The Bertz CT molecular complexity index is 417. The van der Waals surface area contributed by atoms with Crippen molar-refractivity contribution in [2.75, 3.05) is 0 Å². The number of hydrogen-bond acceptors (Lipinski definition) is 2. The van der Waals surface area contributed by atoms with E-state index in [1.54, 1.807) is 0 Å². The first-order chi connectivity index (χ1) is 5.95. The summed E-state index contributed by atoms with van der Waals surface area (Å²) < 4.78 is 0. The van der Waals surface area contributed by atoms with Crippen molar-refractivity contribution in [3.63, 3.8) is 0 Å². The Labute approximate surface area is 69.3 Å². The lowest BCUT2D eigenvalue weighted by Gasteiger charge is -1.89. The molecule has 0 amide bonds. The lowest BCUT2D eigenvalue weighted by molar-refractivity contribution is 0.375. The molecule has 1 saturated heterocycles. The van der Waals surface area contributed by atoms with Gasteiger partial charge in [0.1, 0.15) is 0 Å². The molecule has 0 radical (unpaired) electrons. The molecular weight excluding hydrogens is 152 g/mol. The van der Waals surface area contributed by atoms with Crippen molar-refractivity contribution in [3.05, 3.63) is 36.0 Å². The van der Waals surface area contributed by atoms with Crippen LogP contribution in [0.1, 0.15) is 11.8 Å². The standard InChI is InChI=1S/C9H8N2O/c1-2-4-8-6(3-1)7(5-10-8)9-11-12-9/h1-5,9-11H. The number of H-pyrrole nitrogens is 1. The quantitative estimate of drug-likeness (QED) is 0.624. The van der Waals surface area contributed by atoms with E-state index in [0.29, 0.717) is 0 Å². The van der Waals surface area contributed by atoms with Crippen LogP contribution in [0.4, 0.5) is 0 Å². The molecule has 0 aliphatic carbocycles. The van der Waals surface area contributed by atoms with Gasteiger partial charge in [0.25, 0.3) is 0 Å². The van der Waals surface area contributed by atoms with Crippen molar-refractivity contribution in [1.82, 2.24) is 10.5 Å². The number of aromatic nitrogens is 1. The zero-order chi connectivity index (χ0) is 7.97. The number of para-hydroxylation sites is 1. The van der Waals surface area contributed by atoms with Gasteiger partial charge in [-0.25, -0.2) is 0 Å².